The summed E-state index contributed by atoms with van der Waals surface area (Å²) in [4.78, 5) is 38.7. The fraction of sp³-hybridized carbons (Fsp3) is 0.182. The van der Waals surface area contributed by atoms with Crippen molar-refractivity contribution in [3.05, 3.63) is 76.3 Å². The Kier molecular flexibility index (Phi) is 7.84. The van der Waals surface area contributed by atoms with Crippen LogP contribution in [0, 0.1) is 0 Å². The van der Waals surface area contributed by atoms with E-state index in [0.717, 1.165) is 17.4 Å². The average molecular weight is 492 g/mol. The maximum Gasteiger partial charge on any atom is 0.418 e. The third-order valence-electron chi connectivity index (χ3n) is 4.48. The second-order valence-corrected chi connectivity index (χ2v) is 7.90. The van der Waals surface area contributed by atoms with Gasteiger partial charge in [0.05, 0.1) is 17.7 Å². The Balaban J connectivity index is 1.54. The van der Waals surface area contributed by atoms with Crippen LogP contribution in [0.1, 0.15) is 27.2 Å². The number of nitrogens with zero attached hydrogens (tertiary/aromatic N) is 1. The van der Waals surface area contributed by atoms with Gasteiger partial charge in [-0.1, -0.05) is 24.3 Å². The van der Waals surface area contributed by atoms with Crippen molar-refractivity contribution in [2.75, 3.05) is 17.2 Å². The second-order valence-electron chi connectivity index (χ2n) is 7.04. The zero-order chi connectivity index (χ0) is 24.7. The summed E-state index contributed by atoms with van der Waals surface area (Å²) in [5, 5.41) is 18.0. The van der Waals surface area contributed by atoms with Crippen LogP contribution < -0.4 is 16.0 Å². The van der Waals surface area contributed by atoms with Crippen LogP contribution in [0.25, 0.3) is 0 Å². The van der Waals surface area contributed by atoms with Gasteiger partial charge in [0.25, 0.3) is 5.91 Å². The fourth-order valence-electron chi connectivity index (χ4n) is 2.87. The van der Waals surface area contributed by atoms with E-state index in [1.807, 2.05) is 0 Å². The molecule has 0 aliphatic heterocycles. The number of para-hydroxylation sites is 1. The summed E-state index contributed by atoms with van der Waals surface area (Å²) in [6, 6.07) is 11.5. The molecule has 0 unspecified atom stereocenters. The van der Waals surface area contributed by atoms with Crippen molar-refractivity contribution >= 4 is 39.9 Å². The van der Waals surface area contributed by atoms with Gasteiger partial charge in [-0.15, -0.1) is 11.3 Å². The molecule has 2 aromatic carbocycles. The first-order valence-electron chi connectivity index (χ1n) is 9.85. The van der Waals surface area contributed by atoms with Gasteiger partial charge in [-0.2, -0.15) is 13.2 Å². The number of halogens is 3. The first kappa shape index (κ1) is 24.7. The number of hydrogen-bond donors (Lipinski definition) is 4. The van der Waals surface area contributed by atoms with Crippen molar-refractivity contribution in [1.29, 1.82) is 0 Å². The Hall–Kier alpha value is -3.93. The van der Waals surface area contributed by atoms with E-state index in [0.29, 0.717) is 16.8 Å². The number of carboxylic acids is 1. The lowest BCUT2D eigenvalue weighted by molar-refractivity contribution is -0.138. The lowest BCUT2D eigenvalue weighted by Gasteiger charge is -2.14. The largest absolute Gasteiger partial charge is 0.480 e. The van der Waals surface area contributed by atoms with Crippen molar-refractivity contribution in [2.45, 2.75) is 19.1 Å². The number of alkyl halides is 3. The summed E-state index contributed by atoms with van der Waals surface area (Å²) in [6.07, 6.45) is -4.59. The fourth-order valence-corrected chi connectivity index (χ4v) is 3.58. The van der Waals surface area contributed by atoms with Crippen molar-refractivity contribution in [3.63, 3.8) is 0 Å². The van der Waals surface area contributed by atoms with Crippen LogP contribution in [0.3, 0.4) is 0 Å². The van der Waals surface area contributed by atoms with Gasteiger partial charge in [0.15, 0.2) is 5.13 Å². The summed E-state index contributed by atoms with van der Waals surface area (Å²) >= 11 is 1.11. The van der Waals surface area contributed by atoms with E-state index in [4.69, 9.17) is 5.11 Å². The number of carboxylic acid groups (broad SMARTS) is 1. The van der Waals surface area contributed by atoms with E-state index in [1.54, 1.807) is 17.5 Å². The van der Waals surface area contributed by atoms with Gasteiger partial charge in [-0.3, -0.25) is 19.7 Å². The minimum absolute atomic E-state index is 0.0342. The van der Waals surface area contributed by atoms with Gasteiger partial charge in [0.1, 0.15) is 6.54 Å². The number of thiazole rings is 1. The quantitative estimate of drug-likeness (QED) is 0.361. The molecule has 34 heavy (non-hydrogen) atoms. The third kappa shape index (κ3) is 7.04. The van der Waals surface area contributed by atoms with E-state index in [9.17, 15) is 27.6 Å². The monoisotopic (exact) mass is 492 g/mol. The molecule has 3 rings (SSSR count). The maximum absolute atomic E-state index is 13.1. The molecule has 4 N–H and O–H groups in total. The molecular weight excluding hydrogens is 473 g/mol. The van der Waals surface area contributed by atoms with Crippen molar-refractivity contribution < 1.29 is 32.7 Å². The van der Waals surface area contributed by atoms with Crippen LogP contribution in [0.15, 0.2) is 53.9 Å². The molecule has 12 heteroatoms. The Labute approximate surface area is 195 Å². The highest BCUT2D eigenvalue weighted by molar-refractivity contribution is 7.14. The zero-order valence-corrected chi connectivity index (χ0v) is 18.3. The molecule has 0 atom stereocenters. The van der Waals surface area contributed by atoms with Crippen LogP contribution in [-0.2, 0) is 28.7 Å². The standard InChI is InChI=1S/C22H19F3N4O4S/c23-22(24,25)16-3-1-2-4-17(16)26-10-13-5-7-14(8-6-13)20(33)29-21-28-15(12-34-21)9-18(30)27-11-19(31)32/h1-8,12,26H,9-11H2,(H,27,30)(H,31,32)(H,28,29,33). The summed E-state index contributed by atoms with van der Waals surface area (Å²) in [6.45, 7) is -0.359. The van der Waals surface area contributed by atoms with Crippen LogP contribution in [0.2, 0.25) is 0 Å². The number of carbonyl (C=O) groups excluding carboxylic acids is 2. The molecule has 1 aromatic heterocycles. The van der Waals surface area contributed by atoms with E-state index < -0.39 is 36.1 Å². The molecule has 0 spiro atoms. The number of aliphatic carboxylic acids is 1. The highest BCUT2D eigenvalue weighted by Crippen LogP contribution is 2.34. The van der Waals surface area contributed by atoms with E-state index in [-0.39, 0.29) is 23.8 Å². The Bertz CT molecular complexity index is 1180. The van der Waals surface area contributed by atoms with Crippen molar-refractivity contribution in [1.82, 2.24) is 10.3 Å². The molecule has 0 radical (unpaired) electrons. The molecule has 2 amide bonds. The Morgan fingerprint density at radius 1 is 1.03 bits per heavy atom. The Morgan fingerprint density at radius 3 is 2.41 bits per heavy atom. The lowest BCUT2D eigenvalue weighted by atomic mass is 10.1. The predicted octanol–water partition coefficient (Wildman–Crippen LogP) is 3.77. The molecule has 0 saturated carbocycles. The predicted molar refractivity (Wildman–Crippen MR) is 120 cm³/mol. The van der Waals surface area contributed by atoms with Crippen LogP contribution in [0.5, 0.6) is 0 Å². The first-order valence-corrected chi connectivity index (χ1v) is 10.7. The zero-order valence-electron chi connectivity index (χ0n) is 17.5. The van der Waals surface area contributed by atoms with Crippen LogP contribution >= 0.6 is 11.3 Å². The number of amides is 2. The topological polar surface area (TPSA) is 120 Å². The van der Waals surface area contributed by atoms with Gasteiger partial charge in [-0.25, -0.2) is 4.98 Å². The van der Waals surface area contributed by atoms with Crippen LogP contribution in [-0.4, -0.2) is 34.4 Å². The second kappa shape index (κ2) is 10.8. The highest BCUT2D eigenvalue weighted by atomic mass is 32.1. The molecule has 0 fully saturated rings. The number of aromatic nitrogens is 1. The molecule has 0 saturated heterocycles. The number of carbonyl (C=O) groups is 3. The van der Waals surface area contributed by atoms with Gasteiger partial charge in [0, 0.05) is 23.2 Å². The molecule has 0 aliphatic carbocycles. The molecule has 3 aromatic rings. The molecular formula is C22H19F3N4O4S. The summed E-state index contributed by atoms with van der Waals surface area (Å²) in [5.74, 6) is -2.11. The maximum atomic E-state index is 13.1. The number of anilines is 2. The number of benzene rings is 2. The van der Waals surface area contributed by atoms with Gasteiger partial charge >= 0.3 is 12.1 Å². The van der Waals surface area contributed by atoms with Gasteiger partial charge in [0.2, 0.25) is 5.91 Å². The number of rotatable bonds is 9. The molecule has 178 valence electrons. The Morgan fingerprint density at radius 2 is 1.74 bits per heavy atom. The number of hydrogen-bond acceptors (Lipinski definition) is 6. The molecule has 0 aliphatic rings. The van der Waals surface area contributed by atoms with E-state index in [2.05, 4.69) is 20.9 Å². The van der Waals surface area contributed by atoms with Crippen LogP contribution in [0.4, 0.5) is 24.0 Å². The van der Waals surface area contributed by atoms with Gasteiger partial charge in [-0.05, 0) is 29.8 Å². The van der Waals surface area contributed by atoms with Crippen molar-refractivity contribution in [3.8, 4) is 0 Å². The summed E-state index contributed by atoms with van der Waals surface area (Å²) in [5.41, 5.74) is 0.581. The minimum Gasteiger partial charge on any atom is -0.480 e. The summed E-state index contributed by atoms with van der Waals surface area (Å²) in [7, 11) is 0. The molecule has 8 nitrogen and oxygen atoms in total. The highest BCUT2D eigenvalue weighted by Gasteiger charge is 2.33. The SMILES string of the molecule is O=C(O)CNC(=O)Cc1csc(NC(=O)c2ccc(CNc3ccccc3C(F)(F)F)cc2)n1. The normalized spacial score (nSPS) is 11.0. The van der Waals surface area contributed by atoms with E-state index in [1.165, 1.54) is 30.3 Å². The smallest absolute Gasteiger partial charge is 0.418 e. The average Bonchev–Trinajstić information content (AvgIpc) is 3.22. The first-order chi connectivity index (χ1) is 16.1. The van der Waals surface area contributed by atoms with E-state index >= 15 is 0 Å². The third-order valence-corrected chi connectivity index (χ3v) is 5.29. The van der Waals surface area contributed by atoms with Crippen molar-refractivity contribution in [2.24, 2.45) is 0 Å². The lowest BCUT2D eigenvalue weighted by Crippen LogP contribution is -2.30. The minimum atomic E-state index is -4.47. The number of nitrogens with one attached hydrogen (secondary N) is 3. The molecule has 1 heterocycles. The molecule has 0 bridgehead atoms. The summed E-state index contributed by atoms with van der Waals surface area (Å²) < 4.78 is 39.3. The van der Waals surface area contributed by atoms with Gasteiger partial charge < -0.3 is 15.7 Å².